The highest BCUT2D eigenvalue weighted by Gasteiger charge is 2.07. The predicted octanol–water partition coefficient (Wildman–Crippen LogP) is 1.50. The van der Waals surface area contributed by atoms with E-state index in [-0.39, 0.29) is 16.4 Å². The molecule has 1 aromatic rings. The Balaban J connectivity index is 2.83. The molecule has 0 fully saturated rings. The van der Waals surface area contributed by atoms with Gasteiger partial charge >= 0.3 is 11.9 Å². The SMILES string of the molecule is O=C(O)/C=C\C(=O)Nc1ccc(Cl)c(NC(=O)/C=C/C(=O)O)c1. The molecule has 0 aliphatic carbocycles. The van der Waals surface area contributed by atoms with Gasteiger partial charge in [-0.15, -0.1) is 0 Å². The van der Waals surface area contributed by atoms with Crippen molar-refractivity contribution in [1.82, 2.24) is 0 Å². The number of hydrogen-bond acceptors (Lipinski definition) is 4. The Morgan fingerprint density at radius 2 is 1.39 bits per heavy atom. The van der Waals surface area contributed by atoms with Crippen LogP contribution in [0.25, 0.3) is 0 Å². The fraction of sp³-hybridized carbons (Fsp3) is 0. The first-order chi connectivity index (χ1) is 10.8. The van der Waals surface area contributed by atoms with Crippen molar-refractivity contribution < 1.29 is 29.4 Å². The minimum absolute atomic E-state index is 0.145. The Morgan fingerprint density at radius 1 is 0.870 bits per heavy atom. The van der Waals surface area contributed by atoms with Gasteiger partial charge in [-0.3, -0.25) is 9.59 Å². The molecule has 23 heavy (non-hydrogen) atoms. The third kappa shape index (κ3) is 6.91. The van der Waals surface area contributed by atoms with Gasteiger partial charge in [0.25, 0.3) is 0 Å². The van der Waals surface area contributed by atoms with Gasteiger partial charge in [0.15, 0.2) is 0 Å². The van der Waals surface area contributed by atoms with E-state index in [1.165, 1.54) is 18.2 Å². The van der Waals surface area contributed by atoms with Crippen LogP contribution < -0.4 is 10.6 Å². The fourth-order valence-electron chi connectivity index (χ4n) is 1.35. The summed E-state index contributed by atoms with van der Waals surface area (Å²) < 4.78 is 0. The van der Waals surface area contributed by atoms with Gasteiger partial charge < -0.3 is 20.8 Å². The zero-order chi connectivity index (χ0) is 17.4. The lowest BCUT2D eigenvalue weighted by Gasteiger charge is -2.08. The van der Waals surface area contributed by atoms with E-state index in [4.69, 9.17) is 21.8 Å². The van der Waals surface area contributed by atoms with E-state index in [1.54, 1.807) is 0 Å². The molecule has 0 aromatic heterocycles. The molecule has 0 saturated heterocycles. The molecule has 0 heterocycles. The highest BCUT2D eigenvalue weighted by molar-refractivity contribution is 6.34. The summed E-state index contributed by atoms with van der Waals surface area (Å²) in [7, 11) is 0. The predicted molar refractivity (Wildman–Crippen MR) is 82.3 cm³/mol. The van der Waals surface area contributed by atoms with Crippen molar-refractivity contribution in [1.29, 1.82) is 0 Å². The molecule has 0 aliphatic rings. The van der Waals surface area contributed by atoms with Crippen LogP contribution >= 0.6 is 11.6 Å². The Labute approximate surface area is 135 Å². The van der Waals surface area contributed by atoms with Gasteiger partial charge in [0.1, 0.15) is 0 Å². The van der Waals surface area contributed by atoms with Gasteiger partial charge in [-0.05, 0) is 18.2 Å². The molecule has 0 aliphatic heterocycles. The molecule has 1 aromatic carbocycles. The first kappa shape index (κ1) is 17.9. The molecule has 0 saturated carbocycles. The maximum atomic E-state index is 11.5. The van der Waals surface area contributed by atoms with E-state index >= 15 is 0 Å². The number of benzene rings is 1. The van der Waals surface area contributed by atoms with E-state index in [0.717, 1.165) is 12.2 Å². The number of carboxylic acids is 2. The number of hydrogen-bond donors (Lipinski definition) is 4. The van der Waals surface area contributed by atoms with Gasteiger partial charge in [0.05, 0.1) is 10.7 Å². The molecule has 0 radical (unpaired) electrons. The number of rotatable bonds is 6. The van der Waals surface area contributed by atoms with Crippen molar-refractivity contribution in [2.24, 2.45) is 0 Å². The normalized spacial score (nSPS) is 10.7. The second kappa shape index (κ2) is 8.35. The lowest BCUT2D eigenvalue weighted by Crippen LogP contribution is -2.11. The van der Waals surface area contributed by atoms with E-state index < -0.39 is 23.8 Å². The first-order valence-corrected chi connectivity index (χ1v) is 6.39. The standard InChI is InChI=1S/C14H11ClN2O6/c15-9-2-1-8(16-11(18)3-5-13(20)21)7-10(9)17-12(19)4-6-14(22)23/h1-7H,(H,16,18)(H,17,19)(H,20,21)(H,22,23)/b5-3-,6-4+. The Hall–Kier alpha value is -3.13. The molecule has 4 N–H and O–H groups in total. The van der Waals surface area contributed by atoms with Crippen LogP contribution in [0.4, 0.5) is 11.4 Å². The van der Waals surface area contributed by atoms with Crippen LogP contribution in [0, 0.1) is 0 Å². The average molecular weight is 339 g/mol. The Bertz CT molecular complexity index is 711. The lowest BCUT2D eigenvalue weighted by molar-refractivity contribution is -0.132. The van der Waals surface area contributed by atoms with Crippen LogP contribution in [0.5, 0.6) is 0 Å². The fourth-order valence-corrected chi connectivity index (χ4v) is 1.52. The summed E-state index contributed by atoms with van der Waals surface area (Å²) in [5.41, 5.74) is 0.402. The van der Waals surface area contributed by atoms with Gasteiger partial charge in [-0.1, -0.05) is 11.6 Å². The number of carboxylic acid groups (broad SMARTS) is 2. The maximum Gasteiger partial charge on any atom is 0.328 e. The lowest BCUT2D eigenvalue weighted by atomic mass is 10.2. The number of halogens is 1. The van der Waals surface area contributed by atoms with E-state index in [1.807, 2.05) is 0 Å². The number of anilines is 2. The van der Waals surface area contributed by atoms with Gasteiger partial charge in [-0.2, -0.15) is 0 Å². The van der Waals surface area contributed by atoms with Crippen LogP contribution in [0.1, 0.15) is 0 Å². The molecule has 9 heteroatoms. The van der Waals surface area contributed by atoms with Crippen molar-refractivity contribution >= 4 is 46.7 Å². The smallest absolute Gasteiger partial charge is 0.328 e. The Morgan fingerprint density at radius 3 is 1.91 bits per heavy atom. The summed E-state index contributed by atoms with van der Waals surface area (Å²) in [4.78, 5) is 43.6. The van der Waals surface area contributed by atoms with E-state index in [2.05, 4.69) is 10.6 Å². The summed E-state index contributed by atoms with van der Waals surface area (Å²) in [6.45, 7) is 0. The Kier molecular flexibility index (Phi) is 6.50. The van der Waals surface area contributed by atoms with Crippen LogP contribution in [-0.2, 0) is 19.2 Å². The molecule has 120 valence electrons. The molecular formula is C14H11ClN2O6. The van der Waals surface area contributed by atoms with Crippen molar-refractivity contribution in [2.45, 2.75) is 0 Å². The quantitative estimate of drug-likeness (QED) is 0.581. The molecule has 1 rings (SSSR count). The van der Waals surface area contributed by atoms with Crippen LogP contribution in [0.2, 0.25) is 5.02 Å². The molecule has 0 atom stereocenters. The van der Waals surface area contributed by atoms with E-state index in [0.29, 0.717) is 12.2 Å². The number of nitrogens with one attached hydrogen (secondary N) is 2. The summed E-state index contributed by atoms with van der Waals surface area (Å²) in [6.07, 6.45) is 2.96. The van der Waals surface area contributed by atoms with Gasteiger partial charge in [0, 0.05) is 30.0 Å². The van der Waals surface area contributed by atoms with Gasteiger partial charge in [-0.25, -0.2) is 9.59 Å². The van der Waals surface area contributed by atoms with Crippen LogP contribution in [0.3, 0.4) is 0 Å². The topological polar surface area (TPSA) is 133 Å². The maximum absolute atomic E-state index is 11.5. The number of carbonyl (C=O) groups excluding carboxylic acids is 2. The number of amides is 2. The van der Waals surface area contributed by atoms with E-state index in [9.17, 15) is 19.2 Å². The molecule has 8 nitrogen and oxygen atoms in total. The zero-order valence-electron chi connectivity index (χ0n) is 11.4. The van der Waals surface area contributed by atoms with Crippen molar-refractivity contribution in [3.8, 4) is 0 Å². The van der Waals surface area contributed by atoms with Crippen molar-refractivity contribution in [2.75, 3.05) is 10.6 Å². The highest BCUT2D eigenvalue weighted by atomic mass is 35.5. The molecule has 0 bridgehead atoms. The van der Waals surface area contributed by atoms with Crippen LogP contribution in [-0.4, -0.2) is 34.0 Å². The minimum Gasteiger partial charge on any atom is -0.478 e. The molecular weight excluding hydrogens is 328 g/mol. The molecule has 0 unspecified atom stereocenters. The molecule has 0 spiro atoms. The number of carbonyl (C=O) groups is 4. The summed E-state index contributed by atoms with van der Waals surface area (Å²) in [6, 6.07) is 4.17. The second-order valence-corrected chi connectivity index (χ2v) is 4.42. The van der Waals surface area contributed by atoms with Crippen LogP contribution in [0.15, 0.2) is 42.5 Å². The van der Waals surface area contributed by atoms with Crippen molar-refractivity contribution in [3.63, 3.8) is 0 Å². The monoisotopic (exact) mass is 338 g/mol. The summed E-state index contributed by atoms with van der Waals surface area (Å²) >= 11 is 5.88. The van der Waals surface area contributed by atoms with Crippen molar-refractivity contribution in [3.05, 3.63) is 47.5 Å². The largest absolute Gasteiger partial charge is 0.478 e. The summed E-state index contributed by atoms with van der Waals surface area (Å²) in [5.74, 6) is -3.95. The summed E-state index contributed by atoms with van der Waals surface area (Å²) in [5, 5.41) is 21.7. The second-order valence-electron chi connectivity index (χ2n) is 4.02. The number of aliphatic carboxylic acids is 2. The zero-order valence-corrected chi connectivity index (χ0v) is 12.2. The first-order valence-electron chi connectivity index (χ1n) is 6.01. The minimum atomic E-state index is -1.28. The third-order valence-corrected chi connectivity index (χ3v) is 2.58. The average Bonchev–Trinajstić information content (AvgIpc) is 2.46. The molecule has 2 amide bonds. The third-order valence-electron chi connectivity index (χ3n) is 2.25. The highest BCUT2D eigenvalue weighted by Crippen LogP contribution is 2.25. The van der Waals surface area contributed by atoms with Gasteiger partial charge in [0.2, 0.25) is 11.8 Å².